The van der Waals surface area contributed by atoms with Gasteiger partial charge in [-0.3, -0.25) is 10.2 Å². The summed E-state index contributed by atoms with van der Waals surface area (Å²) in [5, 5.41) is 4.77. The van der Waals surface area contributed by atoms with Crippen LogP contribution >= 0.6 is 0 Å². The first-order valence-electron chi connectivity index (χ1n) is 12.7. The number of nitrogens with zero attached hydrogens (tertiary/aromatic N) is 3. The molecule has 40 heavy (non-hydrogen) atoms. The number of methoxy groups -OCH3 is 1. The molecule has 1 aromatic heterocycles. The molecule has 0 bridgehead atoms. The first-order chi connectivity index (χ1) is 19.1. The maximum atomic E-state index is 13.5. The van der Waals surface area contributed by atoms with E-state index in [0.29, 0.717) is 11.3 Å². The molecule has 212 valence electrons. The highest BCUT2D eigenvalue weighted by Crippen LogP contribution is 2.14. The zero-order valence-electron chi connectivity index (χ0n) is 23.0. The number of nitrogens with one attached hydrogen (secondary N) is 4. The first kappa shape index (κ1) is 29.7. The van der Waals surface area contributed by atoms with Crippen LogP contribution in [0, 0.1) is 5.41 Å². The number of rotatable bonds is 8. The van der Waals surface area contributed by atoms with Gasteiger partial charge in [-0.1, -0.05) is 81.4 Å². The zero-order valence-corrected chi connectivity index (χ0v) is 23.0. The van der Waals surface area contributed by atoms with E-state index in [2.05, 4.69) is 26.1 Å². The quantitative estimate of drug-likeness (QED) is 0.251. The lowest BCUT2D eigenvalue weighted by Gasteiger charge is -2.31. The van der Waals surface area contributed by atoms with Gasteiger partial charge in [0.25, 0.3) is 0 Å². The molecule has 0 spiro atoms. The van der Waals surface area contributed by atoms with Gasteiger partial charge in [0.15, 0.2) is 0 Å². The van der Waals surface area contributed by atoms with E-state index in [4.69, 9.17) is 4.74 Å². The van der Waals surface area contributed by atoms with Crippen molar-refractivity contribution in [2.75, 3.05) is 7.11 Å². The molecule has 5 amide bonds. The molecule has 12 heteroatoms. The normalized spacial score (nSPS) is 11.6. The van der Waals surface area contributed by atoms with Crippen molar-refractivity contribution in [3.63, 3.8) is 0 Å². The van der Waals surface area contributed by atoms with Crippen LogP contribution in [0.4, 0.5) is 9.59 Å². The van der Waals surface area contributed by atoms with Crippen molar-refractivity contribution >= 4 is 23.9 Å². The van der Waals surface area contributed by atoms with Crippen LogP contribution in [-0.2, 0) is 33.8 Å². The minimum atomic E-state index is -1.07. The van der Waals surface area contributed by atoms with Crippen molar-refractivity contribution in [2.45, 2.75) is 46.3 Å². The Balaban J connectivity index is 1.85. The number of aromatic nitrogens is 2. The molecule has 0 saturated carbocycles. The molecule has 2 aromatic carbocycles. The van der Waals surface area contributed by atoms with Crippen LogP contribution in [0.3, 0.4) is 0 Å². The highest BCUT2D eigenvalue weighted by Gasteiger charge is 2.30. The summed E-state index contributed by atoms with van der Waals surface area (Å²) in [5.41, 5.74) is 6.46. The van der Waals surface area contributed by atoms with Crippen molar-refractivity contribution in [3.8, 4) is 0 Å². The second-order valence-corrected chi connectivity index (χ2v) is 10.0. The molecule has 0 radical (unpaired) electrons. The van der Waals surface area contributed by atoms with Gasteiger partial charge in [-0.25, -0.2) is 34.8 Å². The number of hydrogen-bond acceptors (Lipinski definition) is 6. The molecule has 0 aliphatic carbocycles. The molecule has 3 aromatic rings. The van der Waals surface area contributed by atoms with E-state index in [-0.39, 0.29) is 25.4 Å². The molecule has 4 N–H and O–H groups in total. The number of carbonyl (C=O) groups is 4. The summed E-state index contributed by atoms with van der Waals surface area (Å²) < 4.78 is 4.87. The number of imidazole rings is 1. The van der Waals surface area contributed by atoms with Gasteiger partial charge in [0.05, 0.1) is 32.2 Å². The van der Waals surface area contributed by atoms with Gasteiger partial charge in [0.2, 0.25) is 5.91 Å². The minimum Gasteiger partial charge on any atom is -0.467 e. The maximum absolute atomic E-state index is 13.5. The van der Waals surface area contributed by atoms with Crippen LogP contribution in [0.5, 0.6) is 0 Å². The SMILES string of the molecule is COC(=O)[C@H](Cc1c[nH]cn1)NC(=O)N(Cc1ccccc1)NC(=O)N(Cc1ccccc1)NC(=O)C(C)(C)C. The molecule has 12 nitrogen and oxygen atoms in total. The second kappa shape index (κ2) is 13.8. The Labute approximate surface area is 233 Å². The van der Waals surface area contributed by atoms with Crippen LogP contribution in [0.1, 0.15) is 37.6 Å². The molecule has 1 heterocycles. The fourth-order valence-electron chi connectivity index (χ4n) is 3.50. The van der Waals surface area contributed by atoms with E-state index in [1.807, 2.05) is 36.4 Å². The van der Waals surface area contributed by atoms with Crippen LogP contribution in [-0.4, -0.2) is 57.1 Å². The van der Waals surface area contributed by atoms with Crippen LogP contribution in [0.25, 0.3) is 0 Å². The van der Waals surface area contributed by atoms with Crippen molar-refractivity contribution in [3.05, 3.63) is 90.0 Å². The Morgan fingerprint density at radius 1 is 0.875 bits per heavy atom. The van der Waals surface area contributed by atoms with Crippen molar-refractivity contribution < 1.29 is 23.9 Å². The van der Waals surface area contributed by atoms with Gasteiger partial charge >= 0.3 is 18.0 Å². The number of H-pyrrole nitrogens is 1. The Morgan fingerprint density at radius 2 is 1.43 bits per heavy atom. The van der Waals surface area contributed by atoms with E-state index in [0.717, 1.165) is 15.6 Å². The number of carbonyl (C=O) groups excluding carboxylic acids is 4. The maximum Gasteiger partial charge on any atom is 0.355 e. The minimum absolute atomic E-state index is 0.0267. The summed E-state index contributed by atoms with van der Waals surface area (Å²) >= 11 is 0. The van der Waals surface area contributed by atoms with Crippen LogP contribution in [0.2, 0.25) is 0 Å². The first-order valence-corrected chi connectivity index (χ1v) is 12.7. The lowest BCUT2D eigenvalue weighted by atomic mass is 9.96. The second-order valence-electron chi connectivity index (χ2n) is 10.0. The summed E-state index contributed by atoms with van der Waals surface area (Å²) in [7, 11) is 1.22. The third-order valence-electron chi connectivity index (χ3n) is 5.76. The third-order valence-corrected chi connectivity index (χ3v) is 5.76. The Hall–Kier alpha value is -4.87. The number of urea groups is 2. The van der Waals surface area contributed by atoms with Gasteiger partial charge in [0, 0.05) is 18.0 Å². The van der Waals surface area contributed by atoms with Gasteiger partial charge in [-0.2, -0.15) is 0 Å². The van der Waals surface area contributed by atoms with Crippen LogP contribution < -0.4 is 16.2 Å². The molecule has 1 atom stereocenters. The average molecular weight is 550 g/mol. The lowest BCUT2D eigenvalue weighted by Crippen LogP contribution is -2.60. The molecule has 0 fully saturated rings. The van der Waals surface area contributed by atoms with E-state index in [9.17, 15) is 19.2 Å². The Bertz CT molecular complexity index is 1260. The summed E-state index contributed by atoms with van der Waals surface area (Å²) in [6.07, 6.45) is 3.13. The fraction of sp³-hybridized carbons (Fsp3) is 0.321. The lowest BCUT2D eigenvalue weighted by molar-refractivity contribution is -0.143. The summed E-state index contributed by atoms with van der Waals surface area (Å²) in [6.45, 7) is 5.19. The predicted octanol–water partition coefficient (Wildman–Crippen LogP) is 2.91. The molecule has 0 unspecified atom stereocenters. The van der Waals surface area contributed by atoms with Crippen molar-refractivity contribution in [2.24, 2.45) is 5.41 Å². The van der Waals surface area contributed by atoms with E-state index in [1.54, 1.807) is 51.2 Å². The highest BCUT2D eigenvalue weighted by atomic mass is 16.5. The topological polar surface area (TPSA) is 149 Å². The van der Waals surface area contributed by atoms with E-state index in [1.165, 1.54) is 13.4 Å². The summed E-state index contributed by atoms with van der Waals surface area (Å²) in [5.74, 6) is -1.06. The van der Waals surface area contributed by atoms with Crippen LogP contribution in [0.15, 0.2) is 73.2 Å². The number of benzene rings is 2. The number of ether oxygens (including phenoxy) is 1. The van der Waals surface area contributed by atoms with Crippen molar-refractivity contribution in [1.82, 2.24) is 36.2 Å². The molecule has 0 aliphatic heterocycles. The average Bonchev–Trinajstić information content (AvgIpc) is 3.45. The molecule has 3 rings (SSSR count). The van der Waals surface area contributed by atoms with E-state index < -0.39 is 29.5 Å². The molecular weight excluding hydrogens is 514 g/mol. The highest BCUT2D eigenvalue weighted by molar-refractivity contribution is 5.87. The standard InChI is InChI=1S/C28H35N7O5/c1-28(2,3)25(37)32-35(18-21-13-9-6-10-14-21)27(39)33-34(17-20-11-7-5-8-12-20)26(38)31-23(24(36)40-4)15-22-16-29-19-30-22/h5-14,16,19,23H,15,17-18H2,1-4H3,(H,29,30)(H,31,38)(H,32,37)(H,33,39)/t23-/m0/s1. The number of amides is 5. The van der Waals surface area contributed by atoms with Gasteiger partial charge < -0.3 is 15.0 Å². The molecular formula is C28H35N7O5. The Morgan fingerprint density at radius 3 is 1.90 bits per heavy atom. The van der Waals surface area contributed by atoms with Gasteiger partial charge in [-0.15, -0.1) is 0 Å². The zero-order chi connectivity index (χ0) is 29.1. The molecule has 0 aliphatic rings. The largest absolute Gasteiger partial charge is 0.467 e. The third kappa shape index (κ3) is 8.86. The van der Waals surface area contributed by atoms with Crippen molar-refractivity contribution in [1.29, 1.82) is 0 Å². The monoisotopic (exact) mass is 549 g/mol. The summed E-state index contributed by atoms with van der Waals surface area (Å²) in [6, 6.07) is 15.5. The summed E-state index contributed by atoms with van der Waals surface area (Å²) in [4.78, 5) is 59.2. The Kier molecular flexibility index (Phi) is 10.2. The van der Waals surface area contributed by atoms with E-state index >= 15 is 0 Å². The smallest absolute Gasteiger partial charge is 0.355 e. The predicted molar refractivity (Wildman–Crippen MR) is 147 cm³/mol. The number of esters is 1. The van der Waals surface area contributed by atoms with Gasteiger partial charge in [-0.05, 0) is 11.1 Å². The number of hydrogen-bond donors (Lipinski definition) is 4. The van der Waals surface area contributed by atoms with Gasteiger partial charge in [0.1, 0.15) is 6.04 Å². The fourth-order valence-corrected chi connectivity index (χ4v) is 3.50. The number of aromatic amines is 1. The number of hydrazine groups is 2. The molecule has 0 saturated heterocycles.